The summed E-state index contributed by atoms with van der Waals surface area (Å²) >= 11 is 6.16. The van der Waals surface area contributed by atoms with Crippen molar-refractivity contribution in [3.8, 4) is 11.5 Å². The maximum atomic E-state index is 6.16. The van der Waals surface area contributed by atoms with E-state index in [1.54, 1.807) is 10.9 Å². The molecule has 0 aromatic carbocycles. The Morgan fingerprint density at radius 3 is 3.06 bits per heavy atom. The summed E-state index contributed by atoms with van der Waals surface area (Å²) in [6.45, 7) is 1.19. The lowest BCUT2D eigenvalue weighted by Gasteiger charge is -2.17. The first-order valence-corrected chi connectivity index (χ1v) is 5.75. The average molecular weight is 251 g/mol. The van der Waals surface area contributed by atoms with Crippen molar-refractivity contribution < 1.29 is 4.74 Å². The number of aryl methyl sites for hydroxylation is 1. The predicted molar refractivity (Wildman–Crippen MR) is 62.6 cm³/mol. The second-order valence-corrected chi connectivity index (χ2v) is 4.26. The lowest BCUT2D eigenvalue weighted by Crippen LogP contribution is -2.14. The molecular formula is C11H11ClN4O. The predicted octanol–water partition coefficient (Wildman–Crippen LogP) is 1.60. The highest BCUT2D eigenvalue weighted by Crippen LogP contribution is 2.25. The third kappa shape index (κ3) is 1.81. The molecule has 0 amide bonds. The molecule has 0 bridgehead atoms. The number of halogens is 1. The van der Waals surface area contributed by atoms with E-state index in [1.807, 2.05) is 13.1 Å². The zero-order valence-electron chi connectivity index (χ0n) is 9.35. The molecule has 0 unspecified atom stereocenters. The first-order valence-electron chi connectivity index (χ1n) is 5.37. The molecule has 0 atom stereocenters. The third-order valence-electron chi connectivity index (χ3n) is 2.82. The maximum Gasteiger partial charge on any atom is 0.179 e. The van der Waals surface area contributed by atoms with Crippen LogP contribution in [0.25, 0.3) is 11.5 Å². The Morgan fingerprint density at radius 2 is 2.29 bits per heavy atom. The standard InChI is InChI=1S/C11H11ClN4O/c1-16-9(2-4-13-16)11-14-8-3-5-17-6-7(8)10(12)15-11/h2,4H,3,5-6H2,1H3. The lowest BCUT2D eigenvalue weighted by molar-refractivity contribution is 0.109. The molecule has 3 heterocycles. The van der Waals surface area contributed by atoms with E-state index in [2.05, 4.69) is 15.1 Å². The van der Waals surface area contributed by atoms with Crippen LogP contribution in [0.2, 0.25) is 5.15 Å². The molecule has 2 aromatic rings. The van der Waals surface area contributed by atoms with Crippen LogP contribution in [0.1, 0.15) is 11.3 Å². The van der Waals surface area contributed by atoms with E-state index in [4.69, 9.17) is 16.3 Å². The highest BCUT2D eigenvalue weighted by Gasteiger charge is 2.18. The van der Waals surface area contributed by atoms with Crippen LogP contribution in [0.5, 0.6) is 0 Å². The SMILES string of the molecule is Cn1nccc1-c1nc(Cl)c2c(n1)CCOC2. The third-order valence-corrected chi connectivity index (χ3v) is 3.13. The Hall–Kier alpha value is -1.46. The minimum absolute atomic E-state index is 0.478. The fourth-order valence-electron chi connectivity index (χ4n) is 1.90. The van der Waals surface area contributed by atoms with Gasteiger partial charge in [-0.25, -0.2) is 9.97 Å². The smallest absolute Gasteiger partial charge is 0.179 e. The molecule has 17 heavy (non-hydrogen) atoms. The van der Waals surface area contributed by atoms with E-state index in [0.29, 0.717) is 24.2 Å². The van der Waals surface area contributed by atoms with Crippen molar-refractivity contribution in [3.05, 3.63) is 28.7 Å². The normalized spacial score (nSPS) is 14.7. The summed E-state index contributed by atoms with van der Waals surface area (Å²) in [7, 11) is 1.86. The van der Waals surface area contributed by atoms with Gasteiger partial charge in [0, 0.05) is 25.2 Å². The Balaban J connectivity index is 2.14. The van der Waals surface area contributed by atoms with Crippen LogP contribution in [0.15, 0.2) is 12.3 Å². The number of hydrogen-bond donors (Lipinski definition) is 0. The quantitative estimate of drug-likeness (QED) is 0.722. The Morgan fingerprint density at radius 1 is 1.41 bits per heavy atom. The summed E-state index contributed by atoms with van der Waals surface area (Å²) in [6, 6.07) is 1.87. The highest BCUT2D eigenvalue weighted by atomic mass is 35.5. The number of fused-ring (bicyclic) bond motifs is 1. The molecular weight excluding hydrogens is 240 g/mol. The molecule has 1 aliphatic rings. The number of aromatic nitrogens is 4. The average Bonchev–Trinajstić information content (AvgIpc) is 2.75. The van der Waals surface area contributed by atoms with Crippen LogP contribution in [0.4, 0.5) is 0 Å². The fraction of sp³-hybridized carbons (Fsp3) is 0.364. The van der Waals surface area contributed by atoms with Gasteiger partial charge in [-0.15, -0.1) is 0 Å². The minimum atomic E-state index is 0.478. The summed E-state index contributed by atoms with van der Waals surface area (Å²) < 4.78 is 7.08. The Kier molecular flexibility index (Phi) is 2.57. The van der Waals surface area contributed by atoms with E-state index in [-0.39, 0.29) is 0 Å². The summed E-state index contributed by atoms with van der Waals surface area (Å²) in [5.74, 6) is 0.621. The van der Waals surface area contributed by atoms with Gasteiger partial charge in [0.05, 0.1) is 18.9 Å². The van der Waals surface area contributed by atoms with Gasteiger partial charge < -0.3 is 4.74 Å². The summed E-state index contributed by atoms with van der Waals surface area (Å²) in [4.78, 5) is 8.84. The van der Waals surface area contributed by atoms with Gasteiger partial charge in [-0.1, -0.05) is 11.6 Å². The van der Waals surface area contributed by atoms with Gasteiger partial charge >= 0.3 is 0 Å². The zero-order chi connectivity index (χ0) is 11.8. The molecule has 0 saturated carbocycles. The van der Waals surface area contributed by atoms with Crippen molar-refractivity contribution in [2.45, 2.75) is 13.0 Å². The van der Waals surface area contributed by atoms with Crippen molar-refractivity contribution in [3.63, 3.8) is 0 Å². The number of ether oxygens (including phenoxy) is 1. The maximum absolute atomic E-state index is 6.16. The van der Waals surface area contributed by atoms with Crippen molar-refractivity contribution in [2.24, 2.45) is 7.05 Å². The first-order chi connectivity index (χ1) is 8.25. The molecule has 0 fully saturated rings. The topological polar surface area (TPSA) is 52.8 Å². The van der Waals surface area contributed by atoms with Gasteiger partial charge in [0.25, 0.3) is 0 Å². The number of nitrogens with zero attached hydrogens (tertiary/aromatic N) is 4. The van der Waals surface area contributed by atoms with Crippen LogP contribution in [0, 0.1) is 0 Å². The van der Waals surface area contributed by atoms with Crippen LogP contribution >= 0.6 is 11.6 Å². The second kappa shape index (κ2) is 4.09. The monoisotopic (exact) mass is 250 g/mol. The summed E-state index contributed by atoms with van der Waals surface area (Å²) in [5.41, 5.74) is 2.75. The summed E-state index contributed by atoms with van der Waals surface area (Å²) in [6.07, 6.45) is 2.50. The molecule has 2 aromatic heterocycles. The largest absolute Gasteiger partial charge is 0.376 e. The van der Waals surface area contributed by atoms with Crippen LogP contribution in [0.3, 0.4) is 0 Å². The number of hydrogen-bond acceptors (Lipinski definition) is 4. The van der Waals surface area contributed by atoms with E-state index in [0.717, 1.165) is 23.4 Å². The van der Waals surface area contributed by atoms with Gasteiger partial charge in [0.2, 0.25) is 0 Å². The van der Waals surface area contributed by atoms with Gasteiger partial charge in [-0.3, -0.25) is 4.68 Å². The molecule has 1 aliphatic heterocycles. The lowest BCUT2D eigenvalue weighted by atomic mass is 10.1. The minimum Gasteiger partial charge on any atom is -0.376 e. The molecule has 0 N–H and O–H groups in total. The van der Waals surface area contributed by atoms with Crippen molar-refractivity contribution in [2.75, 3.05) is 6.61 Å². The Labute approximate surface area is 103 Å². The van der Waals surface area contributed by atoms with E-state index in [9.17, 15) is 0 Å². The van der Waals surface area contributed by atoms with Gasteiger partial charge in [-0.05, 0) is 6.07 Å². The van der Waals surface area contributed by atoms with Gasteiger partial charge in [-0.2, -0.15) is 5.10 Å². The molecule has 6 heteroatoms. The molecule has 3 rings (SSSR count). The van der Waals surface area contributed by atoms with Crippen LogP contribution < -0.4 is 0 Å². The molecule has 0 saturated heterocycles. The zero-order valence-corrected chi connectivity index (χ0v) is 10.1. The highest BCUT2D eigenvalue weighted by molar-refractivity contribution is 6.30. The van der Waals surface area contributed by atoms with Crippen molar-refractivity contribution in [1.82, 2.24) is 19.7 Å². The Bertz CT molecular complexity index is 567. The van der Waals surface area contributed by atoms with Crippen LogP contribution in [-0.4, -0.2) is 26.4 Å². The van der Waals surface area contributed by atoms with Crippen LogP contribution in [-0.2, 0) is 24.8 Å². The van der Waals surface area contributed by atoms with E-state index >= 15 is 0 Å². The van der Waals surface area contributed by atoms with E-state index in [1.165, 1.54) is 0 Å². The summed E-state index contributed by atoms with van der Waals surface area (Å²) in [5, 5.41) is 4.58. The molecule has 88 valence electrons. The van der Waals surface area contributed by atoms with Crippen molar-refractivity contribution in [1.29, 1.82) is 0 Å². The van der Waals surface area contributed by atoms with Gasteiger partial charge in [0.1, 0.15) is 10.8 Å². The van der Waals surface area contributed by atoms with E-state index < -0.39 is 0 Å². The molecule has 5 nitrogen and oxygen atoms in total. The van der Waals surface area contributed by atoms with Gasteiger partial charge in [0.15, 0.2) is 5.82 Å². The number of rotatable bonds is 1. The molecule has 0 aliphatic carbocycles. The second-order valence-electron chi connectivity index (χ2n) is 3.91. The molecule has 0 spiro atoms. The molecule has 0 radical (unpaired) electrons. The first kappa shape index (κ1) is 10.7. The van der Waals surface area contributed by atoms with Crippen molar-refractivity contribution >= 4 is 11.6 Å². The fourth-order valence-corrected chi connectivity index (χ4v) is 2.14.